The second kappa shape index (κ2) is 7.19. The van der Waals surface area contributed by atoms with Crippen LogP contribution in [-0.4, -0.2) is 45.0 Å². The lowest BCUT2D eigenvalue weighted by atomic mass is 9.71. The molecule has 2 heterocycles. The van der Waals surface area contributed by atoms with Crippen LogP contribution in [-0.2, 0) is 22.4 Å². The minimum absolute atomic E-state index is 0.268. The molecule has 1 aliphatic heterocycles. The maximum Gasteiger partial charge on any atom is 0.165 e. The lowest BCUT2D eigenvalue weighted by Gasteiger charge is -2.45. The second-order valence-corrected chi connectivity index (χ2v) is 7.05. The maximum atomic E-state index is 13.1. The number of nitrogens with zero attached hydrogens (tertiary/aromatic N) is 3. The van der Waals surface area contributed by atoms with Gasteiger partial charge >= 0.3 is 0 Å². The predicted octanol–water partition coefficient (Wildman–Crippen LogP) is 2.18. The summed E-state index contributed by atoms with van der Waals surface area (Å²) in [6.45, 7) is 5.18. The number of hydrogen-bond donors (Lipinski definition) is 1. The fourth-order valence-electron chi connectivity index (χ4n) is 3.18. The number of aromatic nitrogens is 3. The van der Waals surface area contributed by atoms with Gasteiger partial charge < -0.3 is 14.6 Å². The summed E-state index contributed by atoms with van der Waals surface area (Å²) in [6.07, 6.45) is 3.58. The van der Waals surface area contributed by atoms with E-state index in [0.717, 1.165) is 5.56 Å². The molecule has 1 unspecified atom stereocenters. The molecule has 0 amide bonds. The van der Waals surface area contributed by atoms with Crippen molar-refractivity contribution in [2.45, 2.75) is 45.1 Å². The smallest absolute Gasteiger partial charge is 0.165 e. The molecule has 136 valence electrons. The van der Waals surface area contributed by atoms with Gasteiger partial charge in [0.25, 0.3) is 0 Å². The Balaban J connectivity index is 1.81. The van der Waals surface area contributed by atoms with E-state index in [2.05, 4.69) is 10.1 Å². The van der Waals surface area contributed by atoms with Crippen molar-refractivity contribution < 1.29 is 19.0 Å². The highest BCUT2D eigenvalue weighted by Crippen LogP contribution is 2.42. The van der Waals surface area contributed by atoms with Crippen LogP contribution < -0.4 is 0 Å². The van der Waals surface area contributed by atoms with Crippen LogP contribution in [0, 0.1) is 11.2 Å². The number of rotatable bonds is 7. The lowest BCUT2D eigenvalue weighted by molar-refractivity contribution is -0.208. The van der Waals surface area contributed by atoms with E-state index < -0.39 is 17.3 Å². The van der Waals surface area contributed by atoms with Crippen LogP contribution >= 0.6 is 0 Å². The Hall–Kier alpha value is -1.83. The molecule has 1 aromatic carbocycles. The van der Waals surface area contributed by atoms with Crippen molar-refractivity contribution in [1.82, 2.24) is 14.8 Å². The zero-order valence-corrected chi connectivity index (χ0v) is 14.6. The largest absolute Gasteiger partial charge is 0.387 e. The number of halogens is 1. The third-order valence-electron chi connectivity index (χ3n) is 5.04. The minimum atomic E-state index is -1.15. The van der Waals surface area contributed by atoms with Gasteiger partial charge in [-0.15, -0.1) is 0 Å². The molecule has 1 atom stereocenters. The van der Waals surface area contributed by atoms with E-state index in [-0.39, 0.29) is 12.4 Å². The fourth-order valence-corrected chi connectivity index (χ4v) is 3.18. The number of aryl methyl sites for hydroxylation is 1. The SMILES string of the molecule is CC(C)(C1OCCO1)C(O)(CCc1ccc(F)cc1)Cn1cncn1. The summed E-state index contributed by atoms with van der Waals surface area (Å²) in [5.41, 5.74) is -0.859. The van der Waals surface area contributed by atoms with Crippen molar-refractivity contribution >= 4 is 0 Å². The Morgan fingerprint density at radius 2 is 1.92 bits per heavy atom. The molecule has 0 aliphatic carbocycles. The molecule has 3 rings (SSSR count). The molecule has 1 aliphatic rings. The highest BCUT2D eigenvalue weighted by Gasteiger charge is 2.51. The highest BCUT2D eigenvalue weighted by molar-refractivity contribution is 5.17. The molecule has 2 aromatic rings. The zero-order valence-electron chi connectivity index (χ0n) is 14.6. The summed E-state index contributed by atoms with van der Waals surface area (Å²) in [7, 11) is 0. The van der Waals surface area contributed by atoms with E-state index in [0.29, 0.717) is 26.1 Å². The molecular formula is C18H24FN3O3. The molecule has 25 heavy (non-hydrogen) atoms. The summed E-state index contributed by atoms with van der Waals surface area (Å²) < 4.78 is 26.1. The fraction of sp³-hybridized carbons (Fsp3) is 0.556. The first kappa shape index (κ1) is 18.0. The summed E-state index contributed by atoms with van der Waals surface area (Å²) in [5, 5.41) is 15.7. The summed E-state index contributed by atoms with van der Waals surface area (Å²) in [4.78, 5) is 3.95. The molecule has 0 radical (unpaired) electrons. The Kier molecular flexibility index (Phi) is 5.17. The average Bonchev–Trinajstić information content (AvgIpc) is 3.28. The quantitative estimate of drug-likeness (QED) is 0.830. The summed E-state index contributed by atoms with van der Waals surface area (Å²) in [5.74, 6) is -0.269. The van der Waals surface area contributed by atoms with E-state index in [1.165, 1.54) is 18.5 Å². The third-order valence-corrected chi connectivity index (χ3v) is 5.04. The van der Waals surface area contributed by atoms with Crippen molar-refractivity contribution in [3.8, 4) is 0 Å². The monoisotopic (exact) mass is 349 g/mol. The standard InChI is InChI=1S/C18H24FN3O3/c1-17(2,16-24-9-10-25-16)18(23,11-22-13-20-12-21-22)8-7-14-3-5-15(19)6-4-14/h3-6,12-13,16,23H,7-11H2,1-2H3. The van der Waals surface area contributed by atoms with Crippen LogP contribution in [0.4, 0.5) is 4.39 Å². The van der Waals surface area contributed by atoms with Gasteiger partial charge in [0.15, 0.2) is 6.29 Å². The number of aliphatic hydroxyl groups is 1. The van der Waals surface area contributed by atoms with E-state index in [1.54, 1.807) is 23.1 Å². The van der Waals surface area contributed by atoms with Crippen LogP contribution in [0.1, 0.15) is 25.8 Å². The van der Waals surface area contributed by atoms with Gasteiger partial charge in [0, 0.05) is 5.41 Å². The maximum absolute atomic E-state index is 13.1. The van der Waals surface area contributed by atoms with E-state index >= 15 is 0 Å². The minimum Gasteiger partial charge on any atom is -0.387 e. The number of hydrogen-bond acceptors (Lipinski definition) is 5. The van der Waals surface area contributed by atoms with Crippen LogP contribution in [0.15, 0.2) is 36.9 Å². The van der Waals surface area contributed by atoms with Crippen LogP contribution in [0.3, 0.4) is 0 Å². The Labute approximate surface area is 146 Å². The Bertz CT molecular complexity index is 669. The van der Waals surface area contributed by atoms with Gasteiger partial charge in [-0.05, 0) is 30.5 Å². The topological polar surface area (TPSA) is 69.4 Å². The molecule has 7 heteroatoms. The van der Waals surface area contributed by atoms with Crippen molar-refractivity contribution in [2.24, 2.45) is 5.41 Å². The molecule has 0 saturated carbocycles. The van der Waals surface area contributed by atoms with E-state index in [9.17, 15) is 9.50 Å². The van der Waals surface area contributed by atoms with Gasteiger partial charge in [-0.1, -0.05) is 26.0 Å². The van der Waals surface area contributed by atoms with Crippen molar-refractivity contribution in [3.63, 3.8) is 0 Å². The molecule has 1 aromatic heterocycles. The molecule has 1 N–H and O–H groups in total. The summed E-state index contributed by atoms with van der Waals surface area (Å²) in [6, 6.07) is 6.34. The van der Waals surface area contributed by atoms with Crippen LogP contribution in [0.2, 0.25) is 0 Å². The highest BCUT2D eigenvalue weighted by atomic mass is 19.1. The molecule has 1 fully saturated rings. The molecule has 6 nitrogen and oxygen atoms in total. The average molecular weight is 349 g/mol. The number of benzene rings is 1. The van der Waals surface area contributed by atoms with Gasteiger partial charge in [-0.3, -0.25) is 4.68 Å². The van der Waals surface area contributed by atoms with Gasteiger partial charge in [0.2, 0.25) is 0 Å². The summed E-state index contributed by atoms with van der Waals surface area (Å²) >= 11 is 0. The van der Waals surface area contributed by atoms with Crippen LogP contribution in [0.5, 0.6) is 0 Å². The molecule has 1 saturated heterocycles. The normalized spacial score (nSPS) is 18.4. The van der Waals surface area contributed by atoms with Crippen molar-refractivity contribution in [2.75, 3.05) is 13.2 Å². The van der Waals surface area contributed by atoms with Crippen LogP contribution in [0.25, 0.3) is 0 Å². The van der Waals surface area contributed by atoms with E-state index in [1.807, 2.05) is 13.8 Å². The van der Waals surface area contributed by atoms with Gasteiger partial charge in [0.1, 0.15) is 18.5 Å². The zero-order chi connectivity index (χ0) is 17.9. The first-order chi connectivity index (χ1) is 11.9. The molecule has 0 spiro atoms. The van der Waals surface area contributed by atoms with Gasteiger partial charge in [0.05, 0.1) is 25.4 Å². The van der Waals surface area contributed by atoms with Gasteiger partial charge in [-0.25, -0.2) is 9.37 Å². The molecule has 0 bridgehead atoms. The Morgan fingerprint density at radius 3 is 2.52 bits per heavy atom. The van der Waals surface area contributed by atoms with E-state index in [4.69, 9.17) is 9.47 Å². The Morgan fingerprint density at radius 1 is 1.24 bits per heavy atom. The lowest BCUT2D eigenvalue weighted by Crippen LogP contribution is -2.54. The first-order valence-electron chi connectivity index (χ1n) is 8.43. The third kappa shape index (κ3) is 3.89. The van der Waals surface area contributed by atoms with Crippen molar-refractivity contribution in [3.05, 3.63) is 48.3 Å². The predicted molar refractivity (Wildman–Crippen MR) is 89.2 cm³/mol. The number of ether oxygens (including phenoxy) is 2. The second-order valence-electron chi connectivity index (χ2n) is 7.05. The molecular weight excluding hydrogens is 325 g/mol. The van der Waals surface area contributed by atoms with Crippen molar-refractivity contribution in [1.29, 1.82) is 0 Å². The first-order valence-corrected chi connectivity index (χ1v) is 8.43. The van der Waals surface area contributed by atoms with Gasteiger partial charge in [-0.2, -0.15) is 5.10 Å².